The molecule has 0 unspecified atom stereocenters. The molecule has 0 saturated carbocycles. The first-order valence-corrected chi connectivity index (χ1v) is 9.76. The van der Waals surface area contributed by atoms with Crippen LogP contribution in [0.1, 0.15) is 39.0 Å². The van der Waals surface area contributed by atoms with Crippen molar-refractivity contribution >= 4 is 28.9 Å². The molecule has 0 aliphatic carbocycles. The number of aryl methyl sites for hydroxylation is 1. The lowest BCUT2D eigenvalue weighted by Gasteiger charge is -2.08. The molecule has 29 heavy (non-hydrogen) atoms. The van der Waals surface area contributed by atoms with Crippen LogP contribution in [0.2, 0.25) is 0 Å². The van der Waals surface area contributed by atoms with Crippen LogP contribution in [-0.4, -0.2) is 40.3 Å². The van der Waals surface area contributed by atoms with E-state index in [9.17, 15) is 14.4 Å². The van der Waals surface area contributed by atoms with Crippen molar-refractivity contribution in [1.82, 2.24) is 9.55 Å². The zero-order valence-electron chi connectivity index (χ0n) is 16.3. The second-order valence-electron chi connectivity index (χ2n) is 6.39. The van der Waals surface area contributed by atoms with E-state index >= 15 is 0 Å². The average Bonchev–Trinajstić information content (AvgIpc) is 3.32. The van der Waals surface area contributed by atoms with Gasteiger partial charge in [-0.15, -0.1) is 11.3 Å². The minimum absolute atomic E-state index is 0.0982. The summed E-state index contributed by atoms with van der Waals surface area (Å²) in [5.74, 6) is -0.680. The van der Waals surface area contributed by atoms with Crippen molar-refractivity contribution in [2.45, 2.75) is 20.8 Å². The fourth-order valence-corrected chi connectivity index (χ4v) is 3.63. The summed E-state index contributed by atoms with van der Waals surface area (Å²) in [4.78, 5) is 40.1. The van der Waals surface area contributed by atoms with Gasteiger partial charge in [-0.25, -0.2) is 9.78 Å². The Balaban J connectivity index is 1.57. The van der Waals surface area contributed by atoms with Gasteiger partial charge in [-0.05, 0) is 39.0 Å². The van der Waals surface area contributed by atoms with E-state index in [0.29, 0.717) is 16.9 Å². The number of hydrogen-bond acceptors (Lipinski definition) is 7. The van der Waals surface area contributed by atoms with Crippen LogP contribution in [0.5, 0.6) is 5.75 Å². The number of thiazole rings is 1. The molecule has 150 valence electrons. The Morgan fingerprint density at radius 3 is 2.62 bits per heavy atom. The number of ether oxygens (including phenoxy) is 2. The molecule has 2 heterocycles. The van der Waals surface area contributed by atoms with Gasteiger partial charge >= 0.3 is 5.97 Å². The fraction of sp³-hybridized carbons (Fsp3) is 0.238. The highest BCUT2D eigenvalue weighted by Gasteiger charge is 2.19. The van der Waals surface area contributed by atoms with E-state index in [1.807, 2.05) is 23.8 Å². The minimum atomic E-state index is -0.666. The van der Waals surface area contributed by atoms with Crippen LogP contribution < -0.4 is 4.74 Å². The number of carbonyl (C=O) groups excluding carboxylic acids is 3. The first-order chi connectivity index (χ1) is 13.9. The van der Waals surface area contributed by atoms with E-state index in [1.54, 1.807) is 36.5 Å². The van der Waals surface area contributed by atoms with Gasteiger partial charge in [0.2, 0.25) is 5.78 Å². The molecule has 0 bridgehead atoms. The molecule has 3 rings (SSSR count). The zero-order valence-corrected chi connectivity index (χ0v) is 17.1. The van der Waals surface area contributed by atoms with Crippen molar-refractivity contribution in [2.75, 3.05) is 13.2 Å². The molecule has 0 fully saturated rings. The number of aromatic nitrogens is 2. The maximum absolute atomic E-state index is 12.5. The highest BCUT2D eigenvalue weighted by Crippen LogP contribution is 2.22. The summed E-state index contributed by atoms with van der Waals surface area (Å²) >= 11 is 1.47. The van der Waals surface area contributed by atoms with E-state index in [2.05, 4.69) is 4.98 Å². The van der Waals surface area contributed by atoms with Crippen molar-refractivity contribution in [2.24, 2.45) is 0 Å². The van der Waals surface area contributed by atoms with Gasteiger partial charge in [-0.1, -0.05) is 12.1 Å². The summed E-state index contributed by atoms with van der Waals surface area (Å²) in [6.45, 7) is 4.43. The Kier molecular flexibility index (Phi) is 6.23. The topological polar surface area (TPSA) is 87.5 Å². The van der Waals surface area contributed by atoms with Crippen molar-refractivity contribution < 1.29 is 23.9 Å². The quantitative estimate of drug-likeness (QED) is 0.415. The monoisotopic (exact) mass is 412 g/mol. The standard InChI is InChI=1S/C21H20N2O5S/c1-13-9-18(14(2)23(13)21-22-7-8-29-21)19(25)11-28-20(26)12-27-17-6-4-5-16(10-17)15(3)24/h4-10H,11-12H2,1-3H3. The van der Waals surface area contributed by atoms with Crippen molar-refractivity contribution in [1.29, 1.82) is 0 Å². The average molecular weight is 412 g/mol. The van der Waals surface area contributed by atoms with Crippen LogP contribution in [0.3, 0.4) is 0 Å². The van der Waals surface area contributed by atoms with Gasteiger partial charge in [0.15, 0.2) is 24.1 Å². The van der Waals surface area contributed by atoms with Crippen LogP contribution in [0.25, 0.3) is 5.13 Å². The maximum atomic E-state index is 12.5. The Morgan fingerprint density at radius 1 is 1.14 bits per heavy atom. The minimum Gasteiger partial charge on any atom is -0.482 e. The third kappa shape index (κ3) is 4.78. The number of nitrogens with zero attached hydrogens (tertiary/aromatic N) is 2. The molecule has 0 aliphatic rings. The molecule has 1 aromatic carbocycles. The third-order valence-electron chi connectivity index (χ3n) is 4.30. The molecule has 0 amide bonds. The lowest BCUT2D eigenvalue weighted by molar-refractivity contribution is -0.144. The molecule has 0 aliphatic heterocycles. The predicted molar refractivity (Wildman–Crippen MR) is 108 cm³/mol. The molecule has 7 nitrogen and oxygen atoms in total. The molecule has 0 atom stereocenters. The summed E-state index contributed by atoms with van der Waals surface area (Å²) in [5.41, 5.74) is 2.60. The number of rotatable bonds is 8. The predicted octanol–water partition coefficient (Wildman–Crippen LogP) is 3.56. The molecular formula is C21H20N2O5S. The van der Waals surface area contributed by atoms with Gasteiger partial charge in [-0.2, -0.15) is 0 Å². The highest BCUT2D eigenvalue weighted by molar-refractivity contribution is 7.12. The summed E-state index contributed by atoms with van der Waals surface area (Å²) in [5, 5.41) is 2.64. The number of hydrogen-bond donors (Lipinski definition) is 0. The van der Waals surface area contributed by atoms with Gasteiger partial charge in [0, 0.05) is 34.1 Å². The Bertz CT molecular complexity index is 1050. The maximum Gasteiger partial charge on any atom is 0.344 e. The second-order valence-corrected chi connectivity index (χ2v) is 7.26. The fourth-order valence-electron chi connectivity index (χ4n) is 2.88. The van der Waals surface area contributed by atoms with Crippen LogP contribution in [0.15, 0.2) is 41.9 Å². The van der Waals surface area contributed by atoms with Crippen LogP contribution in [0, 0.1) is 13.8 Å². The van der Waals surface area contributed by atoms with Gasteiger partial charge in [0.1, 0.15) is 5.75 Å². The molecule has 2 aromatic heterocycles. The summed E-state index contributed by atoms with van der Waals surface area (Å²) in [7, 11) is 0. The molecule has 0 radical (unpaired) electrons. The largest absolute Gasteiger partial charge is 0.482 e. The van der Waals surface area contributed by atoms with Gasteiger partial charge in [-0.3, -0.25) is 14.2 Å². The Labute approximate surface area is 171 Å². The van der Waals surface area contributed by atoms with Crippen molar-refractivity contribution in [3.8, 4) is 10.9 Å². The van der Waals surface area contributed by atoms with Gasteiger partial charge in [0.25, 0.3) is 0 Å². The first-order valence-electron chi connectivity index (χ1n) is 8.88. The van der Waals surface area contributed by atoms with Gasteiger partial charge in [0.05, 0.1) is 0 Å². The van der Waals surface area contributed by atoms with Gasteiger partial charge < -0.3 is 9.47 Å². The van der Waals surface area contributed by atoms with E-state index in [4.69, 9.17) is 9.47 Å². The number of carbonyl (C=O) groups is 3. The number of esters is 1. The molecule has 0 N–H and O–H groups in total. The Morgan fingerprint density at radius 2 is 1.93 bits per heavy atom. The van der Waals surface area contributed by atoms with Crippen LogP contribution >= 0.6 is 11.3 Å². The molecular weight excluding hydrogens is 392 g/mol. The molecule has 8 heteroatoms. The highest BCUT2D eigenvalue weighted by atomic mass is 32.1. The van der Waals surface area contributed by atoms with Crippen LogP contribution in [-0.2, 0) is 9.53 Å². The summed E-state index contributed by atoms with van der Waals surface area (Å²) in [6.07, 6.45) is 1.70. The lowest BCUT2D eigenvalue weighted by atomic mass is 10.1. The van der Waals surface area contributed by atoms with E-state index in [-0.39, 0.29) is 24.8 Å². The summed E-state index contributed by atoms with van der Waals surface area (Å²) < 4.78 is 12.3. The molecule has 3 aromatic rings. The molecule has 0 saturated heterocycles. The van der Waals surface area contributed by atoms with Crippen LogP contribution in [0.4, 0.5) is 0 Å². The number of ketones is 2. The lowest BCUT2D eigenvalue weighted by Crippen LogP contribution is -2.20. The molecule has 0 spiro atoms. The smallest absolute Gasteiger partial charge is 0.344 e. The van der Waals surface area contributed by atoms with E-state index in [1.165, 1.54) is 18.3 Å². The van der Waals surface area contributed by atoms with Crippen molar-refractivity contribution in [3.05, 3.63) is 64.4 Å². The SMILES string of the molecule is CC(=O)c1cccc(OCC(=O)OCC(=O)c2cc(C)n(-c3nccs3)c2C)c1. The summed E-state index contributed by atoms with van der Waals surface area (Å²) in [6, 6.07) is 8.27. The van der Waals surface area contributed by atoms with E-state index in [0.717, 1.165) is 16.5 Å². The Hall–Kier alpha value is -3.26. The van der Waals surface area contributed by atoms with Crippen molar-refractivity contribution in [3.63, 3.8) is 0 Å². The van der Waals surface area contributed by atoms with E-state index < -0.39 is 5.97 Å². The zero-order chi connectivity index (χ0) is 21.0. The number of Topliss-reactive ketones (excluding diaryl/α,β-unsaturated/α-hetero) is 2. The number of benzene rings is 1. The first kappa shape index (κ1) is 20.5. The second kappa shape index (κ2) is 8.83. The normalized spacial score (nSPS) is 10.6. The third-order valence-corrected chi connectivity index (χ3v) is 5.06.